The number of carboxylic acids is 1. The lowest BCUT2D eigenvalue weighted by atomic mass is 10.0. The number of aliphatic hydroxyl groups is 1. The quantitative estimate of drug-likeness (QED) is 0.289. The number of hydrogen-bond donors (Lipinski definition) is 3. The predicted molar refractivity (Wildman–Crippen MR) is 131 cm³/mol. The normalized spacial score (nSPS) is 11.7. The molecular weight excluding hydrogens is 428 g/mol. The molecule has 0 bridgehead atoms. The first-order valence-electron chi connectivity index (χ1n) is 11.1. The minimum absolute atomic E-state index is 0.115. The molecule has 0 saturated carbocycles. The van der Waals surface area contributed by atoms with Gasteiger partial charge in [0, 0.05) is 24.5 Å². The lowest BCUT2D eigenvalue weighted by Gasteiger charge is -2.12. The monoisotopic (exact) mass is 454 g/mol. The van der Waals surface area contributed by atoms with Crippen LogP contribution in [-0.2, 0) is 6.42 Å². The van der Waals surface area contributed by atoms with E-state index in [2.05, 4.69) is 22.4 Å². The third kappa shape index (κ3) is 6.07. The highest BCUT2D eigenvalue weighted by molar-refractivity contribution is 5.92. The second-order valence-corrected chi connectivity index (χ2v) is 7.88. The van der Waals surface area contributed by atoms with Gasteiger partial charge in [0.25, 0.3) is 0 Å². The van der Waals surface area contributed by atoms with Crippen molar-refractivity contribution in [3.05, 3.63) is 114 Å². The number of aliphatic hydroxyl groups excluding tert-OH is 1. The van der Waals surface area contributed by atoms with Crippen molar-refractivity contribution in [2.45, 2.75) is 12.5 Å². The Morgan fingerprint density at radius 2 is 1.71 bits per heavy atom. The SMILES string of the molecule is O=C(O)c1ccc(-c2ccc(CCNC[C@@H](O)c3cccnc3)cc2)cc1Oc1ccccc1. The average molecular weight is 455 g/mol. The van der Waals surface area contributed by atoms with E-state index in [1.54, 1.807) is 42.7 Å². The van der Waals surface area contributed by atoms with Gasteiger partial charge >= 0.3 is 5.97 Å². The Labute approximate surface area is 198 Å². The number of pyridine rings is 1. The topological polar surface area (TPSA) is 91.7 Å². The van der Waals surface area contributed by atoms with Crippen LogP contribution in [0.4, 0.5) is 0 Å². The standard InChI is InChI=1S/C28H26N2O4/c31-26(23-5-4-15-29-18-23)19-30-16-14-20-8-10-21(11-9-20)22-12-13-25(28(32)33)27(17-22)34-24-6-2-1-3-7-24/h1-13,15,17-18,26,30-31H,14,16,19H2,(H,32,33)/t26-/m1/s1. The van der Waals surface area contributed by atoms with E-state index in [0.717, 1.165) is 35.2 Å². The molecule has 0 fully saturated rings. The fourth-order valence-corrected chi connectivity index (χ4v) is 3.60. The van der Waals surface area contributed by atoms with Crippen molar-refractivity contribution in [3.63, 3.8) is 0 Å². The number of ether oxygens (including phenoxy) is 1. The number of carboxylic acid groups (broad SMARTS) is 1. The Morgan fingerprint density at radius 1 is 0.941 bits per heavy atom. The van der Waals surface area contributed by atoms with Crippen molar-refractivity contribution in [1.82, 2.24) is 10.3 Å². The maximum Gasteiger partial charge on any atom is 0.339 e. The molecule has 3 aromatic carbocycles. The van der Waals surface area contributed by atoms with E-state index in [1.807, 2.05) is 42.5 Å². The van der Waals surface area contributed by atoms with Crippen LogP contribution in [0.3, 0.4) is 0 Å². The Hall–Kier alpha value is -4.00. The molecule has 3 N–H and O–H groups in total. The Balaban J connectivity index is 1.38. The second-order valence-electron chi connectivity index (χ2n) is 7.88. The van der Waals surface area contributed by atoms with Crippen molar-refractivity contribution < 1.29 is 19.7 Å². The highest BCUT2D eigenvalue weighted by atomic mass is 16.5. The van der Waals surface area contributed by atoms with Crippen LogP contribution >= 0.6 is 0 Å². The van der Waals surface area contributed by atoms with Crippen LogP contribution in [0, 0.1) is 0 Å². The first-order valence-corrected chi connectivity index (χ1v) is 11.1. The Bertz CT molecular complexity index is 1210. The van der Waals surface area contributed by atoms with Crippen molar-refractivity contribution in [1.29, 1.82) is 0 Å². The maximum atomic E-state index is 11.6. The summed E-state index contributed by atoms with van der Waals surface area (Å²) in [6.07, 6.45) is 3.59. The molecule has 6 heteroatoms. The zero-order valence-corrected chi connectivity index (χ0v) is 18.6. The smallest absolute Gasteiger partial charge is 0.339 e. The third-order valence-electron chi connectivity index (χ3n) is 5.47. The number of aromatic nitrogens is 1. The molecule has 172 valence electrons. The van der Waals surface area contributed by atoms with Gasteiger partial charge < -0.3 is 20.3 Å². The van der Waals surface area contributed by atoms with Gasteiger partial charge in [-0.25, -0.2) is 4.79 Å². The summed E-state index contributed by atoms with van der Waals surface area (Å²) < 4.78 is 5.86. The van der Waals surface area contributed by atoms with E-state index in [9.17, 15) is 15.0 Å². The summed E-state index contributed by atoms with van der Waals surface area (Å²) in [6.45, 7) is 1.20. The molecule has 0 unspecified atom stereocenters. The number of nitrogens with zero attached hydrogens (tertiary/aromatic N) is 1. The fourth-order valence-electron chi connectivity index (χ4n) is 3.60. The van der Waals surface area contributed by atoms with E-state index < -0.39 is 12.1 Å². The number of para-hydroxylation sites is 1. The van der Waals surface area contributed by atoms with Crippen molar-refractivity contribution >= 4 is 5.97 Å². The molecular formula is C28H26N2O4. The van der Waals surface area contributed by atoms with Gasteiger partial charge in [0.2, 0.25) is 0 Å². The lowest BCUT2D eigenvalue weighted by molar-refractivity contribution is 0.0694. The molecule has 0 aliphatic carbocycles. The molecule has 6 nitrogen and oxygen atoms in total. The molecule has 0 radical (unpaired) electrons. The first-order chi connectivity index (χ1) is 16.6. The molecule has 1 aromatic heterocycles. The summed E-state index contributed by atoms with van der Waals surface area (Å²) in [5.74, 6) is -0.149. The first kappa shape index (κ1) is 23.2. The van der Waals surface area contributed by atoms with E-state index in [4.69, 9.17) is 4.74 Å². The van der Waals surface area contributed by atoms with E-state index in [0.29, 0.717) is 18.0 Å². The number of hydrogen-bond acceptors (Lipinski definition) is 5. The van der Waals surface area contributed by atoms with Crippen LogP contribution in [0.5, 0.6) is 11.5 Å². The van der Waals surface area contributed by atoms with Crippen LogP contribution in [0.2, 0.25) is 0 Å². The minimum Gasteiger partial charge on any atom is -0.478 e. The molecule has 1 atom stereocenters. The molecule has 0 aliphatic heterocycles. The van der Waals surface area contributed by atoms with Crippen molar-refractivity contribution in [2.24, 2.45) is 0 Å². The summed E-state index contributed by atoms with van der Waals surface area (Å²) in [4.78, 5) is 15.7. The van der Waals surface area contributed by atoms with E-state index in [-0.39, 0.29) is 5.56 Å². The number of benzene rings is 3. The Kier molecular flexibility index (Phi) is 7.65. The van der Waals surface area contributed by atoms with Gasteiger partial charge in [-0.05, 0) is 60.0 Å². The number of nitrogens with one attached hydrogen (secondary N) is 1. The van der Waals surface area contributed by atoms with Gasteiger partial charge in [-0.2, -0.15) is 0 Å². The lowest BCUT2D eigenvalue weighted by Crippen LogP contribution is -2.23. The van der Waals surface area contributed by atoms with Crippen LogP contribution in [0.1, 0.15) is 27.6 Å². The van der Waals surface area contributed by atoms with Crippen LogP contribution < -0.4 is 10.1 Å². The van der Waals surface area contributed by atoms with Crippen LogP contribution in [0.15, 0.2) is 97.3 Å². The maximum absolute atomic E-state index is 11.6. The molecule has 1 heterocycles. The largest absolute Gasteiger partial charge is 0.478 e. The van der Waals surface area contributed by atoms with Gasteiger partial charge in [0.1, 0.15) is 17.1 Å². The van der Waals surface area contributed by atoms with Crippen LogP contribution in [0.25, 0.3) is 11.1 Å². The van der Waals surface area contributed by atoms with Gasteiger partial charge in [-0.15, -0.1) is 0 Å². The molecule has 34 heavy (non-hydrogen) atoms. The molecule has 4 rings (SSSR count). The highest BCUT2D eigenvalue weighted by Crippen LogP contribution is 2.31. The summed E-state index contributed by atoms with van der Waals surface area (Å²) >= 11 is 0. The summed E-state index contributed by atoms with van der Waals surface area (Å²) in [5, 5.41) is 23.0. The second kappa shape index (κ2) is 11.2. The predicted octanol–water partition coefficient (Wildman–Crippen LogP) is 5.10. The summed E-state index contributed by atoms with van der Waals surface area (Å²) in [5.41, 5.74) is 3.92. The molecule has 0 amide bonds. The number of carbonyl (C=O) groups is 1. The van der Waals surface area contributed by atoms with Gasteiger partial charge in [-0.3, -0.25) is 4.98 Å². The molecule has 0 saturated heterocycles. The summed E-state index contributed by atoms with van der Waals surface area (Å²) in [7, 11) is 0. The molecule has 4 aromatic rings. The fraction of sp³-hybridized carbons (Fsp3) is 0.143. The minimum atomic E-state index is -1.03. The highest BCUT2D eigenvalue weighted by Gasteiger charge is 2.14. The van der Waals surface area contributed by atoms with E-state index >= 15 is 0 Å². The third-order valence-corrected chi connectivity index (χ3v) is 5.47. The van der Waals surface area contributed by atoms with Gasteiger partial charge in [0.05, 0.1) is 6.10 Å². The van der Waals surface area contributed by atoms with Crippen molar-refractivity contribution in [2.75, 3.05) is 13.1 Å². The van der Waals surface area contributed by atoms with Gasteiger partial charge in [0.15, 0.2) is 0 Å². The number of aromatic carboxylic acids is 1. The average Bonchev–Trinajstić information content (AvgIpc) is 2.88. The van der Waals surface area contributed by atoms with Crippen molar-refractivity contribution in [3.8, 4) is 22.6 Å². The number of rotatable bonds is 10. The zero-order chi connectivity index (χ0) is 23.8. The zero-order valence-electron chi connectivity index (χ0n) is 18.6. The van der Waals surface area contributed by atoms with Crippen LogP contribution in [-0.4, -0.2) is 34.3 Å². The molecule has 0 aliphatic rings. The summed E-state index contributed by atoms with van der Waals surface area (Å²) in [6, 6.07) is 26.1. The molecule has 0 spiro atoms. The van der Waals surface area contributed by atoms with E-state index in [1.165, 1.54) is 0 Å². The van der Waals surface area contributed by atoms with Gasteiger partial charge in [-0.1, -0.05) is 54.6 Å². The Morgan fingerprint density at radius 3 is 2.41 bits per heavy atom.